The number of carbonyl (C=O) groups is 4. The van der Waals surface area contributed by atoms with Gasteiger partial charge in [0.25, 0.3) is 0 Å². The standard InChI is InChI=1S/C48H55N5O13S/c1-21-13-26-14-28-29(17-49)53-30-18-61-45(57)48(27-16-31(59-9)32(15-25(27)11-12-50-48)65-44(56)23(3)51-46(58)66-47(5,6)7)19-67-43(37(53)36(52(28)8)33(26)38(55)39(21)60-10)35-34(30)42-41(62-20-63-42)22(2)40(35)64-24(4)54/h13,15-16,23,28-30,36-37,43,50,55H,11-12,14,18-20H2,1-10H3,(H,51,58)/t23-,28+,29-,30-,36-,37?,43+,48+/m0/s1. The summed E-state index contributed by atoms with van der Waals surface area (Å²) in [5.41, 5.74) is 3.06. The summed E-state index contributed by atoms with van der Waals surface area (Å²) >= 11 is 1.43. The van der Waals surface area contributed by atoms with E-state index in [1.165, 1.54) is 39.8 Å². The second-order valence-electron chi connectivity index (χ2n) is 18.9. The molecule has 3 aromatic rings. The maximum Gasteiger partial charge on any atom is 0.408 e. The van der Waals surface area contributed by atoms with E-state index in [9.17, 15) is 24.8 Å². The lowest BCUT2D eigenvalue weighted by Gasteiger charge is -2.62. The van der Waals surface area contributed by atoms with Crippen LogP contribution in [0.3, 0.4) is 0 Å². The zero-order valence-corrected chi connectivity index (χ0v) is 39.9. The molecule has 18 nitrogen and oxygen atoms in total. The molecule has 7 aliphatic heterocycles. The first-order valence-electron chi connectivity index (χ1n) is 22.2. The molecule has 1 spiro atoms. The number of hydrogen-bond acceptors (Lipinski definition) is 18. The third-order valence-corrected chi connectivity index (χ3v) is 15.2. The van der Waals surface area contributed by atoms with Crippen LogP contribution in [-0.2, 0) is 42.2 Å². The van der Waals surface area contributed by atoms with Crippen LogP contribution in [0.25, 0.3) is 0 Å². The zero-order valence-electron chi connectivity index (χ0n) is 39.1. The molecule has 7 heterocycles. The molecule has 1 amide bonds. The fourth-order valence-electron chi connectivity index (χ4n) is 11.0. The van der Waals surface area contributed by atoms with Crippen molar-refractivity contribution in [3.8, 4) is 46.3 Å². The van der Waals surface area contributed by atoms with Crippen molar-refractivity contribution < 1.29 is 62.2 Å². The molecular weight excluding hydrogens is 887 g/mol. The molecule has 19 heteroatoms. The fraction of sp³-hybridized carbons (Fsp3) is 0.521. The van der Waals surface area contributed by atoms with E-state index in [1.807, 2.05) is 27.0 Å². The number of thioether (sulfide) groups is 1. The highest BCUT2D eigenvalue weighted by Crippen LogP contribution is 2.64. The number of rotatable bonds is 6. The fourth-order valence-corrected chi connectivity index (χ4v) is 12.7. The molecule has 356 valence electrons. The first-order valence-corrected chi connectivity index (χ1v) is 23.3. The van der Waals surface area contributed by atoms with Crippen molar-refractivity contribution in [2.75, 3.05) is 47.0 Å². The number of esters is 3. The number of carbonyl (C=O) groups excluding carboxylic acids is 4. The predicted octanol–water partition coefficient (Wildman–Crippen LogP) is 5.10. The summed E-state index contributed by atoms with van der Waals surface area (Å²) in [6, 6.07) is 3.86. The van der Waals surface area contributed by atoms with Crippen molar-refractivity contribution in [2.24, 2.45) is 0 Å². The van der Waals surface area contributed by atoms with E-state index >= 15 is 4.79 Å². The summed E-state index contributed by atoms with van der Waals surface area (Å²) in [4.78, 5) is 58.4. The Balaban J connectivity index is 1.20. The molecule has 7 aliphatic rings. The third-order valence-electron chi connectivity index (χ3n) is 13.7. The number of amides is 1. The molecule has 3 N–H and O–H groups in total. The number of phenols is 1. The van der Waals surface area contributed by atoms with Gasteiger partial charge < -0.3 is 48.3 Å². The van der Waals surface area contributed by atoms with E-state index in [2.05, 4.69) is 26.5 Å². The number of aromatic hydroxyl groups is 1. The van der Waals surface area contributed by atoms with Crippen LogP contribution in [0.1, 0.15) is 96.5 Å². The van der Waals surface area contributed by atoms with Crippen LogP contribution in [0.5, 0.6) is 40.2 Å². The van der Waals surface area contributed by atoms with E-state index in [-0.39, 0.29) is 48.2 Å². The first kappa shape index (κ1) is 46.2. The highest BCUT2D eigenvalue weighted by atomic mass is 32.2. The van der Waals surface area contributed by atoms with E-state index in [0.717, 1.165) is 11.1 Å². The van der Waals surface area contributed by atoms with Crippen molar-refractivity contribution in [3.63, 3.8) is 0 Å². The lowest BCUT2D eigenvalue weighted by atomic mass is 9.71. The van der Waals surface area contributed by atoms with Gasteiger partial charge in [-0.25, -0.2) is 14.4 Å². The molecule has 3 aromatic carbocycles. The molecule has 4 bridgehead atoms. The van der Waals surface area contributed by atoms with Gasteiger partial charge in [0.2, 0.25) is 6.79 Å². The molecule has 2 fully saturated rings. The number of hydrogen-bond donors (Lipinski definition) is 3. The number of nitriles is 1. The quantitative estimate of drug-likeness (QED) is 0.216. The molecule has 0 aromatic heterocycles. The van der Waals surface area contributed by atoms with Crippen LogP contribution in [0, 0.1) is 25.2 Å². The number of piperazine rings is 1. The minimum absolute atomic E-state index is 0.00723. The van der Waals surface area contributed by atoms with Gasteiger partial charge in [-0.2, -0.15) is 5.26 Å². The van der Waals surface area contributed by atoms with E-state index < -0.39 is 70.6 Å². The summed E-state index contributed by atoms with van der Waals surface area (Å²) in [5, 5.41) is 28.8. The van der Waals surface area contributed by atoms with Crippen LogP contribution < -0.4 is 39.1 Å². The Morgan fingerprint density at radius 2 is 1.76 bits per heavy atom. The number of alkyl carbamates (subject to hydrolysis) is 1. The van der Waals surface area contributed by atoms with Gasteiger partial charge in [-0.05, 0) is 95.8 Å². The number of ether oxygens (including phenoxy) is 8. The lowest BCUT2D eigenvalue weighted by molar-refractivity contribution is -0.157. The number of fused-ring (bicyclic) bond motifs is 9. The van der Waals surface area contributed by atoms with Crippen molar-refractivity contribution in [1.82, 2.24) is 20.4 Å². The number of benzene rings is 3. The minimum atomic E-state index is -1.50. The highest BCUT2D eigenvalue weighted by molar-refractivity contribution is 7.99. The Labute approximate surface area is 392 Å². The van der Waals surface area contributed by atoms with Gasteiger partial charge in [-0.3, -0.25) is 19.9 Å². The van der Waals surface area contributed by atoms with Gasteiger partial charge in [-0.1, -0.05) is 6.07 Å². The smallest absolute Gasteiger partial charge is 0.408 e. The molecule has 2 saturated heterocycles. The van der Waals surface area contributed by atoms with Crippen LogP contribution in [-0.4, -0.2) is 116 Å². The molecule has 67 heavy (non-hydrogen) atoms. The number of nitrogens with zero attached hydrogens (tertiary/aromatic N) is 3. The topological polar surface area (TPSA) is 217 Å². The predicted molar refractivity (Wildman–Crippen MR) is 241 cm³/mol. The van der Waals surface area contributed by atoms with Crippen LogP contribution >= 0.6 is 11.8 Å². The SMILES string of the molecule is COc1cc2c(cc1OC(=O)[C@H](C)NC(=O)OC(C)(C)C)CCN[C@]21CS[C@@H]2c3c(OC(C)=O)c(C)c4c(c3[C@H](COC1=O)N1C2[C@@H]2c3c(cc(C)c(OC)c3O)C[C@H]([C@@H]1C#N)N2C)OCO4. The van der Waals surface area contributed by atoms with Gasteiger partial charge in [0, 0.05) is 53.6 Å². The summed E-state index contributed by atoms with van der Waals surface area (Å²) in [6.07, 6.45) is 0.109. The number of likely N-dealkylation sites (N-methyl/N-ethyl adjacent to an activating group) is 1. The van der Waals surface area contributed by atoms with Crippen molar-refractivity contribution in [3.05, 3.63) is 62.7 Å². The van der Waals surface area contributed by atoms with Crippen LogP contribution in [0.15, 0.2) is 18.2 Å². The van der Waals surface area contributed by atoms with Crippen molar-refractivity contribution >= 4 is 35.8 Å². The number of aryl methyl sites for hydroxylation is 1. The maximum atomic E-state index is 15.1. The Kier molecular flexibility index (Phi) is 11.7. The monoisotopic (exact) mass is 941 g/mol. The molecule has 0 aliphatic carbocycles. The third kappa shape index (κ3) is 7.43. The molecule has 1 unspecified atom stereocenters. The van der Waals surface area contributed by atoms with Crippen molar-refractivity contribution in [1.29, 1.82) is 5.26 Å². The first-order chi connectivity index (χ1) is 31.8. The van der Waals surface area contributed by atoms with Crippen LogP contribution in [0.4, 0.5) is 4.79 Å². The summed E-state index contributed by atoms with van der Waals surface area (Å²) in [5.74, 6) is -0.139. The summed E-state index contributed by atoms with van der Waals surface area (Å²) < 4.78 is 47.8. The summed E-state index contributed by atoms with van der Waals surface area (Å²) in [7, 11) is 4.91. The molecule has 0 radical (unpaired) electrons. The molecular formula is C48H55N5O13S. The second-order valence-corrected chi connectivity index (χ2v) is 20.0. The number of nitrogens with one attached hydrogen (secondary N) is 2. The van der Waals surface area contributed by atoms with Gasteiger partial charge in [-0.15, -0.1) is 11.8 Å². The Bertz CT molecular complexity index is 2650. The van der Waals surface area contributed by atoms with Crippen molar-refractivity contribution in [2.45, 2.75) is 114 Å². The van der Waals surface area contributed by atoms with Gasteiger partial charge in [0.15, 0.2) is 40.0 Å². The van der Waals surface area contributed by atoms with Gasteiger partial charge >= 0.3 is 24.0 Å². The largest absolute Gasteiger partial charge is 0.504 e. The Morgan fingerprint density at radius 3 is 2.45 bits per heavy atom. The number of phenolic OH excluding ortho intramolecular Hbond substituents is 1. The minimum Gasteiger partial charge on any atom is -0.504 e. The van der Waals surface area contributed by atoms with E-state index in [1.54, 1.807) is 32.9 Å². The normalized spacial score (nSPS) is 26.4. The Hall–Kier alpha value is -5.94. The molecule has 8 atom stereocenters. The average Bonchev–Trinajstić information content (AvgIpc) is 3.76. The lowest BCUT2D eigenvalue weighted by Crippen LogP contribution is -2.69. The molecule has 10 rings (SSSR count). The van der Waals surface area contributed by atoms with E-state index in [0.29, 0.717) is 70.0 Å². The van der Waals surface area contributed by atoms with Gasteiger partial charge in [0.1, 0.15) is 30.0 Å². The van der Waals surface area contributed by atoms with E-state index in [4.69, 9.17) is 37.9 Å². The second kappa shape index (κ2) is 17.0. The van der Waals surface area contributed by atoms with Crippen LogP contribution in [0.2, 0.25) is 0 Å². The number of methoxy groups -OCH3 is 2. The Morgan fingerprint density at radius 1 is 1.01 bits per heavy atom. The van der Waals surface area contributed by atoms with Gasteiger partial charge in [0.05, 0.1) is 37.6 Å². The highest BCUT2D eigenvalue weighted by Gasteiger charge is 2.62. The molecule has 0 saturated carbocycles. The summed E-state index contributed by atoms with van der Waals surface area (Å²) in [6.45, 7) is 11.6. The maximum absolute atomic E-state index is 15.1. The average molecular weight is 942 g/mol. The zero-order chi connectivity index (χ0) is 48.0.